The molecule has 0 bridgehead atoms. The zero-order chi connectivity index (χ0) is 12.6. The molecule has 4 nitrogen and oxygen atoms in total. The number of hydrogen-bond acceptors (Lipinski definition) is 4. The van der Waals surface area contributed by atoms with Gasteiger partial charge in [0.2, 0.25) is 16.5 Å². The SMILES string of the molecule is CNC1=C([S+](C)[O-])C(=O)c2ccccc2C1=O. The maximum absolute atomic E-state index is 12.1. The zero-order valence-corrected chi connectivity index (χ0v) is 10.3. The van der Waals surface area contributed by atoms with E-state index < -0.39 is 11.2 Å². The van der Waals surface area contributed by atoms with E-state index >= 15 is 0 Å². The van der Waals surface area contributed by atoms with E-state index in [2.05, 4.69) is 5.32 Å². The van der Waals surface area contributed by atoms with Crippen LogP contribution in [0.4, 0.5) is 0 Å². The number of carbonyl (C=O) groups is 2. The smallest absolute Gasteiger partial charge is 0.243 e. The van der Waals surface area contributed by atoms with E-state index in [1.807, 2.05) is 0 Å². The van der Waals surface area contributed by atoms with Crippen LogP contribution in [0.25, 0.3) is 0 Å². The van der Waals surface area contributed by atoms with Gasteiger partial charge in [-0.15, -0.1) is 0 Å². The van der Waals surface area contributed by atoms with Crippen molar-refractivity contribution >= 4 is 22.7 Å². The predicted molar refractivity (Wildman–Crippen MR) is 65.3 cm³/mol. The monoisotopic (exact) mass is 249 g/mol. The van der Waals surface area contributed by atoms with E-state index in [1.165, 1.54) is 6.26 Å². The van der Waals surface area contributed by atoms with Crippen LogP contribution in [0, 0.1) is 0 Å². The summed E-state index contributed by atoms with van der Waals surface area (Å²) in [5.74, 6) is -0.627. The Hall–Kier alpha value is -1.59. The van der Waals surface area contributed by atoms with E-state index in [4.69, 9.17) is 0 Å². The van der Waals surface area contributed by atoms with Crippen molar-refractivity contribution in [3.05, 3.63) is 46.0 Å². The minimum Gasteiger partial charge on any atom is -0.611 e. The molecule has 0 radical (unpaired) electrons. The van der Waals surface area contributed by atoms with Crippen molar-refractivity contribution in [2.45, 2.75) is 0 Å². The fourth-order valence-electron chi connectivity index (χ4n) is 1.85. The molecule has 2 rings (SSSR count). The molecule has 0 aromatic heterocycles. The quantitative estimate of drug-likeness (QED) is 0.790. The first kappa shape index (κ1) is 11.9. The molecule has 5 heteroatoms. The van der Waals surface area contributed by atoms with Gasteiger partial charge in [0, 0.05) is 18.2 Å². The van der Waals surface area contributed by atoms with Crippen LogP contribution < -0.4 is 5.32 Å². The second-order valence-corrected chi connectivity index (χ2v) is 4.93. The van der Waals surface area contributed by atoms with Gasteiger partial charge in [-0.25, -0.2) is 0 Å². The lowest BCUT2D eigenvalue weighted by atomic mass is 9.92. The van der Waals surface area contributed by atoms with Gasteiger partial charge in [0.1, 0.15) is 12.0 Å². The van der Waals surface area contributed by atoms with E-state index in [-0.39, 0.29) is 22.2 Å². The molecule has 1 atom stereocenters. The van der Waals surface area contributed by atoms with Crippen molar-refractivity contribution in [3.8, 4) is 0 Å². The van der Waals surface area contributed by atoms with Crippen molar-refractivity contribution in [2.75, 3.05) is 13.3 Å². The number of allylic oxidation sites excluding steroid dienone is 2. The van der Waals surface area contributed by atoms with E-state index in [1.54, 1.807) is 31.3 Å². The van der Waals surface area contributed by atoms with Crippen molar-refractivity contribution in [1.29, 1.82) is 0 Å². The van der Waals surface area contributed by atoms with Gasteiger partial charge in [-0.3, -0.25) is 9.59 Å². The highest BCUT2D eigenvalue weighted by atomic mass is 32.2. The summed E-state index contributed by atoms with van der Waals surface area (Å²) in [7, 11) is 1.54. The number of carbonyl (C=O) groups excluding carboxylic acids is 2. The van der Waals surface area contributed by atoms with Gasteiger partial charge in [-0.1, -0.05) is 24.3 Å². The Kier molecular flexibility index (Phi) is 3.04. The number of Topliss-reactive ketones (excluding diaryl/α,β-unsaturated/α-hetero) is 2. The van der Waals surface area contributed by atoms with Gasteiger partial charge in [0.05, 0.1) is 0 Å². The van der Waals surface area contributed by atoms with E-state index in [0.717, 1.165) is 0 Å². The summed E-state index contributed by atoms with van der Waals surface area (Å²) < 4.78 is 11.6. The second-order valence-electron chi connectivity index (χ2n) is 3.61. The number of nitrogens with one attached hydrogen (secondary N) is 1. The first-order valence-corrected chi connectivity index (χ1v) is 6.57. The molecule has 0 spiro atoms. The topological polar surface area (TPSA) is 69.2 Å². The highest BCUT2D eigenvalue weighted by Crippen LogP contribution is 2.27. The van der Waals surface area contributed by atoms with Gasteiger partial charge in [-0.2, -0.15) is 0 Å². The van der Waals surface area contributed by atoms with Crippen LogP contribution in [0.15, 0.2) is 34.9 Å². The molecule has 0 fully saturated rings. The summed E-state index contributed by atoms with van der Waals surface area (Å²) in [5, 5.41) is 2.67. The third kappa shape index (κ3) is 1.77. The first-order chi connectivity index (χ1) is 8.07. The third-order valence-electron chi connectivity index (χ3n) is 2.61. The average Bonchev–Trinajstić information content (AvgIpc) is 2.33. The lowest BCUT2D eigenvalue weighted by molar-refractivity contribution is 0.0975. The number of likely N-dealkylation sites (N-methyl/N-ethyl adjacent to an activating group) is 1. The molecule has 1 aromatic carbocycles. The van der Waals surface area contributed by atoms with Gasteiger partial charge in [0.15, 0.2) is 0 Å². The van der Waals surface area contributed by atoms with Crippen molar-refractivity contribution in [3.63, 3.8) is 0 Å². The van der Waals surface area contributed by atoms with Crippen LogP contribution in [0.2, 0.25) is 0 Å². The number of rotatable bonds is 2. The summed E-state index contributed by atoms with van der Waals surface area (Å²) in [4.78, 5) is 24.3. The molecular weight excluding hydrogens is 238 g/mol. The Morgan fingerprint density at radius 1 is 1.12 bits per heavy atom. The minimum atomic E-state index is -1.49. The Labute approximate surface area is 102 Å². The standard InChI is InChI=1S/C12H11NO3S/c1-13-9-10(14)7-5-3-4-6-8(7)11(15)12(9)17(2)16/h3-6,13H,1-2H3. The Morgan fingerprint density at radius 2 is 1.65 bits per heavy atom. The molecule has 1 unspecified atom stereocenters. The van der Waals surface area contributed by atoms with Crippen LogP contribution >= 0.6 is 0 Å². The molecule has 0 amide bonds. The molecule has 1 aromatic rings. The fourth-order valence-corrected chi connectivity index (χ4v) is 2.71. The number of fused-ring (bicyclic) bond motifs is 1. The largest absolute Gasteiger partial charge is 0.611 e. The van der Waals surface area contributed by atoms with E-state index in [9.17, 15) is 14.1 Å². The fraction of sp³-hybridized carbons (Fsp3) is 0.167. The summed E-state index contributed by atoms with van der Waals surface area (Å²) in [6.45, 7) is 0. The number of hydrogen-bond donors (Lipinski definition) is 1. The molecule has 17 heavy (non-hydrogen) atoms. The summed E-state index contributed by atoms with van der Waals surface area (Å²) in [6.07, 6.45) is 1.39. The van der Waals surface area contributed by atoms with Crippen LogP contribution in [0.3, 0.4) is 0 Å². The van der Waals surface area contributed by atoms with Gasteiger partial charge < -0.3 is 9.87 Å². The zero-order valence-electron chi connectivity index (χ0n) is 9.44. The first-order valence-electron chi connectivity index (χ1n) is 5.01. The molecule has 0 aliphatic heterocycles. The van der Waals surface area contributed by atoms with Crippen LogP contribution in [0.1, 0.15) is 20.7 Å². The molecule has 1 aliphatic carbocycles. The minimum absolute atomic E-state index is 0.0520. The average molecular weight is 249 g/mol. The number of ketones is 2. The Bertz CT molecular complexity index is 534. The summed E-state index contributed by atoms with van der Waals surface area (Å²) in [6, 6.07) is 6.56. The molecule has 0 saturated carbocycles. The lowest BCUT2D eigenvalue weighted by Gasteiger charge is -2.19. The summed E-state index contributed by atoms with van der Waals surface area (Å²) in [5.41, 5.74) is 0.812. The summed E-state index contributed by atoms with van der Waals surface area (Å²) >= 11 is -1.49. The van der Waals surface area contributed by atoms with Crippen molar-refractivity contribution in [1.82, 2.24) is 5.32 Å². The maximum Gasteiger partial charge on any atom is 0.243 e. The van der Waals surface area contributed by atoms with Crippen LogP contribution in [0.5, 0.6) is 0 Å². The normalized spacial score (nSPS) is 16.9. The maximum atomic E-state index is 12.1. The molecular formula is C12H11NO3S. The third-order valence-corrected chi connectivity index (χ3v) is 3.58. The van der Waals surface area contributed by atoms with Gasteiger partial charge in [0.25, 0.3) is 0 Å². The molecule has 0 heterocycles. The highest BCUT2D eigenvalue weighted by molar-refractivity contribution is 7.95. The van der Waals surface area contributed by atoms with Crippen LogP contribution in [-0.4, -0.2) is 29.4 Å². The number of benzene rings is 1. The molecule has 0 saturated heterocycles. The lowest BCUT2D eigenvalue weighted by Crippen LogP contribution is -2.31. The predicted octanol–water partition coefficient (Wildman–Crippen LogP) is 0.875. The highest BCUT2D eigenvalue weighted by Gasteiger charge is 2.37. The molecule has 1 N–H and O–H groups in total. The molecule has 1 aliphatic rings. The van der Waals surface area contributed by atoms with E-state index in [0.29, 0.717) is 11.1 Å². The van der Waals surface area contributed by atoms with Crippen molar-refractivity contribution < 1.29 is 14.1 Å². The Morgan fingerprint density at radius 3 is 2.12 bits per heavy atom. The molecule has 88 valence electrons. The van der Waals surface area contributed by atoms with Crippen LogP contribution in [-0.2, 0) is 11.2 Å². The van der Waals surface area contributed by atoms with Gasteiger partial charge in [-0.05, 0) is 11.2 Å². The van der Waals surface area contributed by atoms with Gasteiger partial charge >= 0.3 is 0 Å². The van der Waals surface area contributed by atoms with Crippen molar-refractivity contribution in [2.24, 2.45) is 0 Å². The Balaban J connectivity index is 2.69. The second kappa shape index (κ2) is 4.35.